The van der Waals surface area contributed by atoms with E-state index in [1.165, 1.54) is 16.7 Å². The van der Waals surface area contributed by atoms with E-state index in [1.807, 2.05) is 0 Å². The maximum atomic E-state index is 5.76. The molecule has 0 bridgehead atoms. The monoisotopic (exact) mass is 375 g/mol. The van der Waals surface area contributed by atoms with Crippen LogP contribution in [0.4, 0.5) is 0 Å². The molecule has 2 rings (SSSR count). The molecule has 2 aromatic rings. The smallest absolute Gasteiger partial charge is 0.0238 e. The summed E-state index contributed by atoms with van der Waals surface area (Å²) in [5, 5.41) is 0. The predicted octanol–water partition coefficient (Wildman–Crippen LogP) is 3.47. The number of halogens is 1. The van der Waals surface area contributed by atoms with E-state index in [2.05, 4.69) is 88.4 Å². The first-order valence-corrected chi connectivity index (χ1v) is 8.75. The highest BCUT2D eigenvalue weighted by atomic mass is 79.9. The molecule has 0 aliphatic rings. The Hall–Kier alpha value is -1.20. The average Bonchev–Trinajstić information content (AvgIpc) is 2.53. The Balaban J connectivity index is 2.09. The molecule has 4 heteroatoms. The van der Waals surface area contributed by atoms with E-state index in [-0.39, 0.29) is 0 Å². The van der Waals surface area contributed by atoms with Crippen molar-refractivity contribution in [3.63, 3.8) is 0 Å². The van der Waals surface area contributed by atoms with Crippen molar-refractivity contribution in [2.45, 2.75) is 19.6 Å². The van der Waals surface area contributed by atoms with Gasteiger partial charge in [0.15, 0.2) is 0 Å². The van der Waals surface area contributed by atoms with Gasteiger partial charge in [-0.15, -0.1) is 0 Å². The van der Waals surface area contributed by atoms with Gasteiger partial charge in [-0.1, -0.05) is 52.3 Å². The third kappa shape index (κ3) is 6.43. The third-order valence-electron chi connectivity index (χ3n) is 3.79. The summed E-state index contributed by atoms with van der Waals surface area (Å²) >= 11 is 3.56. The van der Waals surface area contributed by atoms with Crippen LogP contribution in [0.25, 0.3) is 0 Å². The lowest BCUT2D eigenvalue weighted by molar-refractivity contribution is 0.226. The summed E-state index contributed by atoms with van der Waals surface area (Å²) in [5.74, 6) is 0. The number of hydrogen-bond donors (Lipinski definition) is 1. The molecule has 0 amide bonds. The Morgan fingerprint density at radius 3 is 2.09 bits per heavy atom. The molecule has 0 unspecified atom stereocenters. The SMILES string of the molecule is CN(C)CCN(Cc1cccc(Br)c1)Cc1cccc(CN)c1. The zero-order chi connectivity index (χ0) is 16.7. The fourth-order valence-corrected chi connectivity index (χ4v) is 3.01. The highest BCUT2D eigenvalue weighted by molar-refractivity contribution is 9.10. The molecular weight excluding hydrogens is 350 g/mol. The molecule has 3 nitrogen and oxygen atoms in total. The minimum absolute atomic E-state index is 0.594. The second kappa shape index (κ2) is 9.18. The highest BCUT2D eigenvalue weighted by Crippen LogP contribution is 2.15. The van der Waals surface area contributed by atoms with Crippen molar-refractivity contribution < 1.29 is 0 Å². The Morgan fingerprint density at radius 2 is 1.48 bits per heavy atom. The topological polar surface area (TPSA) is 32.5 Å². The normalized spacial score (nSPS) is 11.4. The molecule has 0 fully saturated rings. The molecule has 0 spiro atoms. The minimum atomic E-state index is 0.594. The van der Waals surface area contributed by atoms with Crippen molar-refractivity contribution in [1.29, 1.82) is 0 Å². The van der Waals surface area contributed by atoms with E-state index in [4.69, 9.17) is 5.73 Å². The Morgan fingerprint density at radius 1 is 0.870 bits per heavy atom. The summed E-state index contributed by atoms with van der Waals surface area (Å²) in [6.07, 6.45) is 0. The summed E-state index contributed by atoms with van der Waals surface area (Å²) in [6.45, 7) is 4.56. The third-order valence-corrected chi connectivity index (χ3v) is 4.29. The molecule has 0 atom stereocenters. The van der Waals surface area contributed by atoms with Gasteiger partial charge in [0, 0.05) is 37.2 Å². The van der Waals surface area contributed by atoms with Crippen LogP contribution in [-0.2, 0) is 19.6 Å². The highest BCUT2D eigenvalue weighted by Gasteiger charge is 2.08. The van der Waals surface area contributed by atoms with E-state index in [0.717, 1.165) is 30.7 Å². The summed E-state index contributed by atoms with van der Waals surface area (Å²) < 4.78 is 1.13. The van der Waals surface area contributed by atoms with Gasteiger partial charge in [-0.25, -0.2) is 0 Å². The van der Waals surface area contributed by atoms with Gasteiger partial charge >= 0.3 is 0 Å². The first kappa shape index (κ1) is 18.1. The van der Waals surface area contributed by atoms with Crippen molar-refractivity contribution in [3.05, 3.63) is 69.7 Å². The van der Waals surface area contributed by atoms with Gasteiger partial charge in [0.1, 0.15) is 0 Å². The van der Waals surface area contributed by atoms with Crippen molar-refractivity contribution in [2.75, 3.05) is 27.2 Å². The van der Waals surface area contributed by atoms with Gasteiger partial charge in [-0.3, -0.25) is 4.90 Å². The number of nitrogens with zero attached hydrogens (tertiary/aromatic N) is 2. The molecule has 0 saturated carbocycles. The summed E-state index contributed by atoms with van der Waals surface area (Å²) in [7, 11) is 4.23. The van der Waals surface area contributed by atoms with Crippen molar-refractivity contribution in [2.24, 2.45) is 5.73 Å². The summed E-state index contributed by atoms with van der Waals surface area (Å²) in [4.78, 5) is 4.71. The Bertz CT molecular complexity index is 613. The Kier molecular flexibility index (Phi) is 7.24. The van der Waals surface area contributed by atoms with Gasteiger partial charge in [0.2, 0.25) is 0 Å². The molecule has 124 valence electrons. The van der Waals surface area contributed by atoms with Gasteiger partial charge < -0.3 is 10.6 Å². The quantitative estimate of drug-likeness (QED) is 0.766. The van der Waals surface area contributed by atoms with Gasteiger partial charge in [0.05, 0.1) is 0 Å². The van der Waals surface area contributed by atoms with Crippen LogP contribution in [0.2, 0.25) is 0 Å². The van der Waals surface area contributed by atoms with Crippen LogP contribution in [0.3, 0.4) is 0 Å². The molecular formula is C19H26BrN3. The molecule has 0 aliphatic heterocycles. The number of rotatable bonds is 8. The first-order valence-electron chi connectivity index (χ1n) is 7.96. The molecule has 0 heterocycles. The van der Waals surface area contributed by atoms with Crippen LogP contribution in [-0.4, -0.2) is 37.0 Å². The van der Waals surface area contributed by atoms with Gasteiger partial charge in [-0.2, -0.15) is 0 Å². The van der Waals surface area contributed by atoms with Crippen molar-refractivity contribution >= 4 is 15.9 Å². The number of likely N-dealkylation sites (N-methyl/N-ethyl adjacent to an activating group) is 1. The number of hydrogen-bond acceptors (Lipinski definition) is 3. The Labute approximate surface area is 148 Å². The number of benzene rings is 2. The van der Waals surface area contributed by atoms with Crippen LogP contribution < -0.4 is 5.73 Å². The summed E-state index contributed by atoms with van der Waals surface area (Å²) in [5.41, 5.74) is 9.60. The molecule has 0 saturated heterocycles. The van der Waals surface area contributed by atoms with E-state index < -0.39 is 0 Å². The lowest BCUT2D eigenvalue weighted by Crippen LogP contribution is -2.31. The fraction of sp³-hybridized carbons (Fsp3) is 0.368. The van der Waals surface area contributed by atoms with E-state index in [1.54, 1.807) is 0 Å². The maximum absolute atomic E-state index is 5.76. The second-order valence-electron chi connectivity index (χ2n) is 6.17. The van der Waals surface area contributed by atoms with Crippen molar-refractivity contribution in [1.82, 2.24) is 9.80 Å². The van der Waals surface area contributed by atoms with Gasteiger partial charge in [0.25, 0.3) is 0 Å². The predicted molar refractivity (Wildman–Crippen MR) is 101 cm³/mol. The lowest BCUT2D eigenvalue weighted by Gasteiger charge is -2.24. The van der Waals surface area contributed by atoms with Crippen molar-refractivity contribution in [3.8, 4) is 0 Å². The number of nitrogens with two attached hydrogens (primary N) is 1. The molecule has 0 radical (unpaired) electrons. The van der Waals surface area contributed by atoms with Crippen LogP contribution >= 0.6 is 15.9 Å². The molecule has 2 aromatic carbocycles. The molecule has 0 aromatic heterocycles. The van der Waals surface area contributed by atoms with E-state index >= 15 is 0 Å². The minimum Gasteiger partial charge on any atom is -0.326 e. The first-order chi connectivity index (χ1) is 11.1. The van der Waals surface area contributed by atoms with Crippen LogP contribution in [0, 0.1) is 0 Å². The summed E-state index contributed by atoms with van der Waals surface area (Å²) in [6, 6.07) is 17.1. The fourth-order valence-electron chi connectivity index (χ4n) is 2.56. The zero-order valence-corrected chi connectivity index (χ0v) is 15.6. The second-order valence-corrected chi connectivity index (χ2v) is 7.08. The largest absolute Gasteiger partial charge is 0.326 e. The van der Waals surface area contributed by atoms with E-state index in [9.17, 15) is 0 Å². The van der Waals surface area contributed by atoms with Crippen LogP contribution in [0.1, 0.15) is 16.7 Å². The van der Waals surface area contributed by atoms with Crippen LogP contribution in [0.15, 0.2) is 53.0 Å². The lowest BCUT2D eigenvalue weighted by atomic mass is 10.1. The van der Waals surface area contributed by atoms with E-state index in [0.29, 0.717) is 6.54 Å². The molecule has 23 heavy (non-hydrogen) atoms. The zero-order valence-electron chi connectivity index (χ0n) is 14.0. The van der Waals surface area contributed by atoms with Gasteiger partial charge in [-0.05, 0) is 42.9 Å². The maximum Gasteiger partial charge on any atom is 0.0238 e. The average molecular weight is 376 g/mol. The molecule has 2 N–H and O–H groups in total. The standard InChI is InChI=1S/C19H26BrN3/c1-22(2)9-10-23(15-18-7-4-8-19(20)12-18)14-17-6-3-5-16(11-17)13-21/h3-8,11-12H,9-10,13-15,21H2,1-2H3. The van der Waals surface area contributed by atoms with Crippen LogP contribution in [0.5, 0.6) is 0 Å². The molecule has 0 aliphatic carbocycles.